The van der Waals surface area contributed by atoms with Crippen LogP contribution in [0, 0.1) is 0 Å². The molecular formula is C12H15ClN4. The third-order valence-electron chi connectivity index (χ3n) is 2.57. The van der Waals surface area contributed by atoms with Gasteiger partial charge in [-0.3, -0.25) is 0 Å². The lowest BCUT2D eigenvalue weighted by molar-refractivity contribution is 0.712. The van der Waals surface area contributed by atoms with Gasteiger partial charge in [-0.25, -0.2) is 9.67 Å². The zero-order chi connectivity index (χ0) is 12.6. The van der Waals surface area contributed by atoms with Crippen LogP contribution in [0.5, 0.6) is 0 Å². The standard InChI is InChI=1S/C12H15ClN4/c1-7(2)11-15-12(17(3)16-11)10-8(13)5-4-6-9(10)14/h4-7H,14H2,1-3H3. The summed E-state index contributed by atoms with van der Waals surface area (Å²) in [6, 6.07) is 5.43. The molecular weight excluding hydrogens is 236 g/mol. The summed E-state index contributed by atoms with van der Waals surface area (Å²) >= 11 is 6.16. The highest BCUT2D eigenvalue weighted by molar-refractivity contribution is 6.33. The Balaban J connectivity index is 2.61. The van der Waals surface area contributed by atoms with Gasteiger partial charge in [-0.05, 0) is 12.1 Å². The number of aromatic nitrogens is 3. The summed E-state index contributed by atoms with van der Waals surface area (Å²) in [6.07, 6.45) is 0. The molecule has 0 unspecified atom stereocenters. The van der Waals surface area contributed by atoms with Gasteiger partial charge in [-0.2, -0.15) is 5.10 Å². The number of rotatable bonds is 2. The predicted molar refractivity (Wildman–Crippen MR) is 70.0 cm³/mol. The van der Waals surface area contributed by atoms with Gasteiger partial charge in [-0.15, -0.1) is 0 Å². The van der Waals surface area contributed by atoms with Crippen molar-refractivity contribution in [2.24, 2.45) is 7.05 Å². The van der Waals surface area contributed by atoms with E-state index in [2.05, 4.69) is 23.9 Å². The molecule has 2 rings (SSSR count). The van der Waals surface area contributed by atoms with Crippen LogP contribution >= 0.6 is 11.6 Å². The van der Waals surface area contributed by atoms with Gasteiger partial charge in [0, 0.05) is 18.7 Å². The van der Waals surface area contributed by atoms with Crippen LogP contribution in [0.1, 0.15) is 25.6 Å². The molecule has 0 atom stereocenters. The highest BCUT2D eigenvalue weighted by Crippen LogP contribution is 2.32. The molecule has 0 radical (unpaired) electrons. The highest BCUT2D eigenvalue weighted by atomic mass is 35.5. The van der Waals surface area contributed by atoms with Gasteiger partial charge < -0.3 is 5.73 Å². The van der Waals surface area contributed by atoms with E-state index >= 15 is 0 Å². The summed E-state index contributed by atoms with van der Waals surface area (Å²) in [5, 5.41) is 4.95. The number of aryl methyl sites for hydroxylation is 1. The third kappa shape index (κ3) is 2.13. The molecule has 0 bridgehead atoms. The van der Waals surface area contributed by atoms with E-state index < -0.39 is 0 Å². The summed E-state index contributed by atoms with van der Waals surface area (Å²) < 4.78 is 1.72. The monoisotopic (exact) mass is 250 g/mol. The molecule has 2 N–H and O–H groups in total. The van der Waals surface area contributed by atoms with Gasteiger partial charge in [0.05, 0.1) is 10.6 Å². The van der Waals surface area contributed by atoms with Gasteiger partial charge >= 0.3 is 0 Å². The number of benzene rings is 1. The Labute approximate surface area is 105 Å². The van der Waals surface area contributed by atoms with Crippen molar-refractivity contribution in [2.45, 2.75) is 19.8 Å². The van der Waals surface area contributed by atoms with Crippen LogP contribution in [0.2, 0.25) is 5.02 Å². The number of nitrogen functional groups attached to an aromatic ring is 1. The van der Waals surface area contributed by atoms with E-state index in [0.717, 1.165) is 11.4 Å². The van der Waals surface area contributed by atoms with Crippen molar-refractivity contribution in [1.82, 2.24) is 14.8 Å². The maximum Gasteiger partial charge on any atom is 0.161 e. The van der Waals surface area contributed by atoms with Crippen LogP contribution in [-0.4, -0.2) is 14.8 Å². The second kappa shape index (κ2) is 4.37. The zero-order valence-electron chi connectivity index (χ0n) is 10.1. The second-order valence-electron chi connectivity index (χ2n) is 4.28. The number of hydrogen-bond donors (Lipinski definition) is 1. The fourth-order valence-corrected chi connectivity index (χ4v) is 1.91. The third-order valence-corrected chi connectivity index (χ3v) is 2.88. The van der Waals surface area contributed by atoms with Gasteiger partial charge in [0.15, 0.2) is 11.6 Å². The van der Waals surface area contributed by atoms with Crippen molar-refractivity contribution in [3.05, 3.63) is 29.0 Å². The Bertz CT molecular complexity index is 525. The Hall–Kier alpha value is -1.55. The van der Waals surface area contributed by atoms with Gasteiger partial charge in [0.2, 0.25) is 0 Å². The molecule has 0 amide bonds. The minimum atomic E-state index is 0.277. The molecule has 0 saturated heterocycles. The molecule has 0 aliphatic heterocycles. The molecule has 5 heteroatoms. The number of nitrogens with zero attached hydrogens (tertiary/aromatic N) is 3. The molecule has 4 nitrogen and oxygen atoms in total. The van der Waals surface area contributed by atoms with E-state index in [1.807, 2.05) is 19.2 Å². The van der Waals surface area contributed by atoms with E-state index in [1.54, 1.807) is 10.7 Å². The molecule has 1 heterocycles. The molecule has 1 aromatic carbocycles. The first-order valence-corrected chi connectivity index (χ1v) is 5.83. The zero-order valence-corrected chi connectivity index (χ0v) is 10.9. The molecule has 0 aliphatic rings. The van der Waals surface area contributed by atoms with Crippen molar-refractivity contribution in [2.75, 3.05) is 5.73 Å². The lowest BCUT2D eigenvalue weighted by Crippen LogP contribution is -1.98. The average molecular weight is 251 g/mol. The van der Waals surface area contributed by atoms with Crippen molar-refractivity contribution in [1.29, 1.82) is 0 Å². The normalized spacial score (nSPS) is 11.1. The Kier molecular flexibility index (Phi) is 3.07. The van der Waals surface area contributed by atoms with E-state index in [1.165, 1.54) is 0 Å². The SMILES string of the molecule is CC(C)c1nc(-c2c(N)cccc2Cl)n(C)n1. The van der Waals surface area contributed by atoms with Crippen LogP contribution in [0.25, 0.3) is 11.4 Å². The summed E-state index contributed by atoms with van der Waals surface area (Å²) in [7, 11) is 1.84. The summed E-state index contributed by atoms with van der Waals surface area (Å²) in [5.74, 6) is 1.78. The van der Waals surface area contributed by atoms with E-state index in [9.17, 15) is 0 Å². The van der Waals surface area contributed by atoms with Crippen molar-refractivity contribution in [3.63, 3.8) is 0 Å². The average Bonchev–Trinajstić information content (AvgIpc) is 2.61. The Morgan fingerprint density at radius 2 is 2.06 bits per heavy atom. The Morgan fingerprint density at radius 1 is 1.35 bits per heavy atom. The molecule has 0 fully saturated rings. The lowest BCUT2D eigenvalue weighted by Gasteiger charge is -2.06. The first-order valence-electron chi connectivity index (χ1n) is 5.46. The van der Waals surface area contributed by atoms with Crippen molar-refractivity contribution in [3.8, 4) is 11.4 Å². The second-order valence-corrected chi connectivity index (χ2v) is 4.68. The van der Waals surface area contributed by atoms with Gasteiger partial charge in [-0.1, -0.05) is 31.5 Å². The molecule has 17 heavy (non-hydrogen) atoms. The Morgan fingerprint density at radius 3 is 2.59 bits per heavy atom. The maximum absolute atomic E-state index is 6.16. The first kappa shape index (κ1) is 11.9. The minimum absolute atomic E-state index is 0.277. The number of halogens is 1. The molecule has 0 spiro atoms. The predicted octanol–water partition coefficient (Wildman–Crippen LogP) is 2.84. The maximum atomic E-state index is 6.16. The van der Waals surface area contributed by atoms with Crippen LogP contribution in [0.15, 0.2) is 18.2 Å². The van der Waals surface area contributed by atoms with Gasteiger partial charge in [0.1, 0.15) is 0 Å². The van der Waals surface area contributed by atoms with E-state index in [-0.39, 0.29) is 5.92 Å². The molecule has 1 aromatic heterocycles. The van der Waals surface area contributed by atoms with E-state index in [0.29, 0.717) is 16.5 Å². The minimum Gasteiger partial charge on any atom is -0.398 e. The molecule has 0 saturated carbocycles. The van der Waals surface area contributed by atoms with E-state index in [4.69, 9.17) is 17.3 Å². The van der Waals surface area contributed by atoms with Gasteiger partial charge in [0.25, 0.3) is 0 Å². The number of hydrogen-bond acceptors (Lipinski definition) is 3. The molecule has 0 aliphatic carbocycles. The summed E-state index contributed by atoms with van der Waals surface area (Å²) in [4.78, 5) is 4.49. The van der Waals surface area contributed by atoms with Crippen LogP contribution in [0.4, 0.5) is 5.69 Å². The van der Waals surface area contributed by atoms with Crippen LogP contribution in [-0.2, 0) is 7.05 Å². The highest BCUT2D eigenvalue weighted by Gasteiger charge is 2.16. The topological polar surface area (TPSA) is 56.7 Å². The largest absolute Gasteiger partial charge is 0.398 e. The first-order chi connectivity index (χ1) is 8.00. The smallest absolute Gasteiger partial charge is 0.161 e. The fourth-order valence-electron chi connectivity index (χ4n) is 1.64. The van der Waals surface area contributed by atoms with Crippen molar-refractivity contribution < 1.29 is 0 Å². The van der Waals surface area contributed by atoms with Crippen LogP contribution < -0.4 is 5.73 Å². The number of nitrogens with two attached hydrogens (primary N) is 1. The molecule has 2 aromatic rings. The van der Waals surface area contributed by atoms with Crippen LogP contribution in [0.3, 0.4) is 0 Å². The summed E-state index contributed by atoms with van der Waals surface area (Å²) in [6.45, 7) is 4.10. The quantitative estimate of drug-likeness (QED) is 0.834. The van der Waals surface area contributed by atoms with Crippen molar-refractivity contribution >= 4 is 17.3 Å². The molecule has 90 valence electrons. The summed E-state index contributed by atoms with van der Waals surface area (Å²) in [5.41, 5.74) is 7.30. The number of anilines is 1. The fraction of sp³-hybridized carbons (Fsp3) is 0.333. The lowest BCUT2D eigenvalue weighted by atomic mass is 10.1.